The first-order chi connectivity index (χ1) is 36.8. The van der Waals surface area contributed by atoms with E-state index in [1.165, 1.54) is 283 Å². The van der Waals surface area contributed by atoms with Crippen LogP contribution in [0.4, 0.5) is 0 Å². The van der Waals surface area contributed by atoms with E-state index in [0.717, 1.165) is 69.6 Å². The van der Waals surface area contributed by atoms with Gasteiger partial charge in [-0.2, -0.15) is 0 Å². The Kier molecular flexibility index (Phi) is 60.3. The van der Waals surface area contributed by atoms with Crippen molar-refractivity contribution < 1.29 is 28.6 Å². The molecule has 0 bridgehead atoms. The Morgan fingerprint density at radius 3 is 0.693 bits per heavy atom. The predicted molar refractivity (Wildman–Crippen MR) is 326 cm³/mol. The Morgan fingerprint density at radius 2 is 0.467 bits per heavy atom. The van der Waals surface area contributed by atoms with Crippen LogP contribution in [0.15, 0.2) is 0 Å². The van der Waals surface area contributed by atoms with Gasteiger partial charge in [0.05, 0.1) is 0 Å². The second-order valence-electron chi connectivity index (χ2n) is 24.3. The van der Waals surface area contributed by atoms with E-state index < -0.39 is 6.10 Å². The summed E-state index contributed by atoms with van der Waals surface area (Å²) in [5.41, 5.74) is 0. The van der Waals surface area contributed by atoms with Crippen molar-refractivity contribution >= 4 is 17.9 Å². The molecule has 0 aliphatic heterocycles. The minimum absolute atomic E-state index is 0.0613. The highest BCUT2D eigenvalue weighted by atomic mass is 16.6. The first kappa shape index (κ1) is 73.4. The number of ether oxygens (including phenoxy) is 3. The predicted octanol–water partition coefficient (Wildman–Crippen LogP) is 23.2. The highest BCUT2D eigenvalue weighted by Crippen LogP contribution is 2.20. The fourth-order valence-corrected chi connectivity index (χ4v) is 10.8. The lowest BCUT2D eigenvalue weighted by Crippen LogP contribution is -2.30. The van der Waals surface area contributed by atoms with Gasteiger partial charge in [0.15, 0.2) is 6.10 Å². The maximum Gasteiger partial charge on any atom is 0.306 e. The lowest BCUT2D eigenvalue weighted by Gasteiger charge is -2.18. The van der Waals surface area contributed by atoms with Crippen LogP contribution in [-0.2, 0) is 28.6 Å². The van der Waals surface area contributed by atoms with Crippen molar-refractivity contribution in [1.82, 2.24) is 0 Å². The van der Waals surface area contributed by atoms with Crippen LogP contribution in [0.25, 0.3) is 0 Å². The Balaban J connectivity index is 4.23. The van der Waals surface area contributed by atoms with Crippen LogP contribution in [0.3, 0.4) is 0 Å². The van der Waals surface area contributed by atoms with E-state index in [1.54, 1.807) is 0 Å². The molecule has 0 aromatic rings. The summed E-state index contributed by atoms with van der Waals surface area (Å²) in [6, 6.07) is 0. The quantitative estimate of drug-likeness (QED) is 0.0343. The maximum atomic E-state index is 12.9. The molecule has 0 aromatic heterocycles. The molecule has 0 N–H and O–H groups in total. The Labute approximate surface area is 469 Å². The van der Waals surface area contributed by atoms with Gasteiger partial charge in [-0.25, -0.2) is 0 Å². The lowest BCUT2D eigenvalue weighted by atomic mass is 9.99. The van der Waals surface area contributed by atoms with Crippen LogP contribution in [0.5, 0.6) is 0 Å². The summed E-state index contributed by atoms with van der Waals surface area (Å²) in [6.07, 6.45) is 69.6. The number of unbranched alkanes of at least 4 members (excludes halogenated alkanes) is 46. The average molecular weight is 1060 g/mol. The SMILES string of the molecule is CCCCCCCCCCCCCCCC(=O)OC[C@H](COC(=O)CCCCCCCCCCCCCCCCCCCCC(C)CC)OC(=O)CCCCCCCCCCCCCCCCCCCCC(C)CC. The standard InChI is InChI=1S/C69H134O6/c1-6-9-10-11-12-13-14-27-34-39-44-49-54-59-67(70)73-62-66(75-69(72)61-56-51-46-41-36-31-26-22-18-16-20-24-29-33-38-43-48-53-58-65(5)8-3)63-74-68(71)60-55-50-45-40-35-30-25-21-17-15-19-23-28-32-37-42-47-52-57-64(4)7-2/h64-66H,6-63H2,1-5H3/t64?,65?,66-/m1/s1. The van der Waals surface area contributed by atoms with Crippen molar-refractivity contribution in [2.75, 3.05) is 13.2 Å². The molecule has 0 aliphatic carbocycles. The number of carbonyl (C=O) groups is 3. The second kappa shape index (κ2) is 61.6. The largest absolute Gasteiger partial charge is 0.462 e. The first-order valence-electron chi connectivity index (χ1n) is 34.3. The Hall–Kier alpha value is -1.59. The molecule has 0 heterocycles. The molecular formula is C69H134O6. The van der Waals surface area contributed by atoms with Crippen LogP contribution in [0.1, 0.15) is 394 Å². The second-order valence-corrected chi connectivity index (χ2v) is 24.3. The van der Waals surface area contributed by atoms with E-state index in [2.05, 4.69) is 34.6 Å². The minimum atomic E-state index is -0.764. The number of hydrogen-bond donors (Lipinski definition) is 0. The summed E-state index contributed by atoms with van der Waals surface area (Å²) in [5.74, 6) is 0.993. The molecule has 0 fully saturated rings. The fraction of sp³-hybridized carbons (Fsp3) is 0.957. The third-order valence-corrected chi connectivity index (χ3v) is 16.7. The van der Waals surface area contributed by atoms with Gasteiger partial charge in [-0.1, -0.05) is 356 Å². The van der Waals surface area contributed by atoms with Gasteiger partial charge in [-0.3, -0.25) is 14.4 Å². The Bertz CT molecular complexity index is 1160. The average Bonchev–Trinajstić information content (AvgIpc) is 3.41. The molecule has 3 atom stereocenters. The highest BCUT2D eigenvalue weighted by molar-refractivity contribution is 5.71. The van der Waals surface area contributed by atoms with Gasteiger partial charge >= 0.3 is 17.9 Å². The third kappa shape index (κ3) is 59.9. The molecular weight excluding hydrogens is 925 g/mol. The van der Waals surface area contributed by atoms with Crippen molar-refractivity contribution in [3.05, 3.63) is 0 Å². The molecule has 0 saturated carbocycles. The summed E-state index contributed by atoms with van der Waals surface area (Å²) in [4.78, 5) is 38.4. The summed E-state index contributed by atoms with van der Waals surface area (Å²) in [5, 5.41) is 0. The summed E-state index contributed by atoms with van der Waals surface area (Å²) < 4.78 is 17.0. The van der Waals surface area contributed by atoms with Crippen molar-refractivity contribution in [3.63, 3.8) is 0 Å². The fourth-order valence-electron chi connectivity index (χ4n) is 10.8. The van der Waals surface area contributed by atoms with Crippen molar-refractivity contribution in [1.29, 1.82) is 0 Å². The summed E-state index contributed by atoms with van der Waals surface area (Å²) in [7, 11) is 0. The van der Waals surface area contributed by atoms with E-state index in [-0.39, 0.29) is 31.1 Å². The molecule has 75 heavy (non-hydrogen) atoms. The van der Waals surface area contributed by atoms with E-state index >= 15 is 0 Å². The Morgan fingerprint density at radius 1 is 0.267 bits per heavy atom. The maximum absolute atomic E-state index is 12.9. The number of hydrogen-bond acceptors (Lipinski definition) is 6. The molecule has 6 nitrogen and oxygen atoms in total. The van der Waals surface area contributed by atoms with E-state index in [4.69, 9.17) is 14.2 Å². The topological polar surface area (TPSA) is 78.9 Å². The first-order valence-corrected chi connectivity index (χ1v) is 34.3. The van der Waals surface area contributed by atoms with Crippen LogP contribution in [0, 0.1) is 11.8 Å². The van der Waals surface area contributed by atoms with Gasteiger partial charge in [-0.15, -0.1) is 0 Å². The van der Waals surface area contributed by atoms with Crippen molar-refractivity contribution in [2.24, 2.45) is 11.8 Å². The molecule has 0 rings (SSSR count). The smallest absolute Gasteiger partial charge is 0.306 e. The van der Waals surface area contributed by atoms with E-state index in [1.807, 2.05) is 0 Å². The molecule has 0 amide bonds. The van der Waals surface area contributed by atoms with Gasteiger partial charge in [0.2, 0.25) is 0 Å². The normalized spacial score (nSPS) is 12.8. The summed E-state index contributed by atoms with van der Waals surface area (Å²) in [6.45, 7) is 11.5. The minimum Gasteiger partial charge on any atom is -0.462 e. The number of carbonyl (C=O) groups excluding carboxylic acids is 3. The van der Waals surface area contributed by atoms with Gasteiger partial charge in [-0.05, 0) is 31.1 Å². The number of esters is 3. The molecule has 0 spiro atoms. The van der Waals surface area contributed by atoms with Gasteiger partial charge in [0.1, 0.15) is 13.2 Å². The van der Waals surface area contributed by atoms with Crippen LogP contribution >= 0.6 is 0 Å². The zero-order valence-electron chi connectivity index (χ0n) is 51.7. The highest BCUT2D eigenvalue weighted by Gasteiger charge is 2.20. The van der Waals surface area contributed by atoms with Crippen LogP contribution in [0.2, 0.25) is 0 Å². The monoisotopic (exact) mass is 1060 g/mol. The molecule has 6 heteroatoms. The van der Waals surface area contributed by atoms with Crippen LogP contribution < -0.4 is 0 Å². The van der Waals surface area contributed by atoms with Gasteiger partial charge in [0.25, 0.3) is 0 Å². The molecule has 0 aliphatic rings. The summed E-state index contributed by atoms with van der Waals surface area (Å²) >= 11 is 0. The number of rotatable bonds is 63. The van der Waals surface area contributed by atoms with E-state index in [9.17, 15) is 14.4 Å². The zero-order valence-corrected chi connectivity index (χ0v) is 51.7. The molecule has 0 aromatic carbocycles. The van der Waals surface area contributed by atoms with Gasteiger partial charge in [0, 0.05) is 19.3 Å². The van der Waals surface area contributed by atoms with Crippen molar-refractivity contribution in [3.8, 4) is 0 Å². The molecule has 0 saturated heterocycles. The molecule has 446 valence electrons. The van der Waals surface area contributed by atoms with E-state index in [0.29, 0.717) is 19.3 Å². The molecule has 0 radical (unpaired) electrons. The van der Waals surface area contributed by atoms with Crippen LogP contribution in [-0.4, -0.2) is 37.2 Å². The van der Waals surface area contributed by atoms with Crippen molar-refractivity contribution in [2.45, 2.75) is 400 Å². The third-order valence-electron chi connectivity index (χ3n) is 16.7. The van der Waals surface area contributed by atoms with Gasteiger partial charge < -0.3 is 14.2 Å². The molecule has 2 unspecified atom stereocenters. The zero-order chi connectivity index (χ0) is 54.6. The lowest BCUT2D eigenvalue weighted by molar-refractivity contribution is -0.167.